The summed E-state index contributed by atoms with van der Waals surface area (Å²) in [5.41, 5.74) is 2.02. The van der Waals surface area contributed by atoms with E-state index in [-0.39, 0.29) is 6.10 Å². The van der Waals surface area contributed by atoms with Crippen molar-refractivity contribution in [3.63, 3.8) is 0 Å². The molecule has 1 aromatic carbocycles. The Kier molecular flexibility index (Phi) is 5.45. The number of ether oxygens (including phenoxy) is 1. The standard InChI is InChI=1S/C14H23NO2/c1-11(2)17-10-9-15(4)14-8-6-5-7-13(14)12(3)16/h5-8,11-12,16H,9-10H2,1-4H3/t12-/m0/s1. The molecule has 0 aliphatic carbocycles. The first kappa shape index (κ1) is 14.0. The lowest BCUT2D eigenvalue weighted by Gasteiger charge is -2.24. The van der Waals surface area contributed by atoms with Crippen LogP contribution >= 0.6 is 0 Å². The summed E-state index contributed by atoms with van der Waals surface area (Å²) >= 11 is 0. The van der Waals surface area contributed by atoms with Crippen LogP contribution in [0.1, 0.15) is 32.4 Å². The summed E-state index contributed by atoms with van der Waals surface area (Å²) in [6.45, 7) is 7.37. The zero-order valence-electron chi connectivity index (χ0n) is 11.2. The van der Waals surface area contributed by atoms with Crippen LogP contribution < -0.4 is 4.90 Å². The van der Waals surface area contributed by atoms with Crippen molar-refractivity contribution >= 4 is 5.69 Å². The molecule has 3 heteroatoms. The molecule has 3 nitrogen and oxygen atoms in total. The Balaban J connectivity index is 2.65. The van der Waals surface area contributed by atoms with E-state index in [0.29, 0.717) is 6.61 Å². The summed E-state index contributed by atoms with van der Waals surface area (Å²) in [5.74, 6) is 0. The molecule has 1 rings (SSSR count). The second kappa shape index (κ2) is 6.62. The highest BCUT2D eigenvalue weighted by atomic mass is 16.5. The zero-order chi connectivity index (χ0) is 12.8. The minimum atomic E-state index is -0.445. The van der Waals surface area contributed by atoms with Crippen LogP contribution in [0.3, 0.4) is 0 Å². The van der Waals surface area contributed by atoms with Crippen LogP contribution in [0.15, 0.2) is 24.3 Å². The predicted octanol–water partition coefficient (Wildman–Crippen LogP) is 2.60. The van der Waals surface area contributed by atoms with Crippen LogP contribution in [-0.2, 0) is 4.74 Å². The maximum atomic E-state index is 9.71. The third kappa shape index (κ3) is 4.36. The first-order chi connectivity index (χ1) is 8.02. The Morgan fingerprint density at radius 1 is 1.24 bits per heavy atom. The first-order valence-corrected chi connectivity index (χ1v) is 6.12. The zero-order valence-corrected chi connectivity index (χ0v) is 11.2. The molecular formula is C14H23NO2. The molecule has 1 atom stereocenters. The summed E-state index contributed by atoms with van der Waals surface area (Å²) in [5, 5.41) is 9.71. The van der Waals surface area contributed by atoms with Crippen LogP contribution in [0.4, 0.5) is 5.69 Å². The molecule has 17 heavy (non-hydrogen) atoms. The molecule has 0 aliphatic heterocycles. The molecule has 0 aromatic heterocycles. The molecule has 0 saturated heterocycles. The lowest BCUT2D eigenvalue weighted by atomic mass is 10.1. The predicted molar refractivity (Wildman–Crippen MR) is 71.4 cm³/mol. The molecule has 0 fully saturated rings. The highest BCUT2D eigenvalue weighted by Crippen LogP contribution is 2.24. The van der Waals surface area contributed by atoms with Crippen LogP contribution in [0, 0.1) is 0 Å². The number of benzene rings is 1. The van der Waals surface area contributed by atoms with Gasteiger partial charge in [0.1, 0.15) is 0 Å². The number of hydrogen-bond acceptors (Lipinski definition) is 3. The van der Waals surface area contributed by atoms with Crippen molar-refractivity contribution < 1.29 is 9.84 Å². The molecule has 0 heterocycles. The van der Waals surface area contributed by atoms with Gasteiger partial charge in [-0.3, -0.25) is 0 Å². The average molecular weight is 237 g/mol. The minimum absolute atomic E-state index is 0.260. The lowest BCUT2D eigenvalue weighted by molar-refractivity contribution is 0.0845. The van der Waals surface area contributed by atoms with Gasteiger partial charge in [-0.05, 0) is 26.8 Å². The fraction of sp³-hybridized carbons (Fsp3) is 0.571. The first-order valence-electron chi connectivity index (χ1n) is 6.12. The van der Waals surface area contributed by atoms with Crippen LogP contribution in [0.25, 0.3) is 0 Å². The van der Waals surface area contributed by atoms with Crippen molar-refractivity contribution in [2.45, 2.75) is 33.0 Å². The van der Waals surface area contributed by atoms with E-state index in [4.69, 9.17) is 4.74 Å². The molecule has 1 N–H and O–H groups in total. The highest BCUT2D eigenvalue weighted by Gasteiger charge is 2.10. The monoisotopic (exact) mass is 237 g/mol. The highest BCUT2D eigenvalue weighted by molar-refractivity contribution is 5.53. The van der Waals surface area contributed by atoms with Gasteiger partial charge in [0, 0.05) is 24.8 Å². The summed E-state index contributed by atoms with van der Waals surface area (Å²) in [4.78, 5) is 2.12. The number of likely N-dealkylation sites (N-methyl/N-ethyl adjacent to an activating group) is 1. The average Bonchev–Trinajstić information content (AvgIpc) is 2.28. The van der Waals surface area contributed by atoms with Crippen molar-refractivity contribution in [3.05, 3.63) is 29.8 Å². The second-order valence-electron chi connectivity index (χ2n) is 4.58. The smallest absolute Gasteiger partial charge is 0.0781 e. The molecule has 96 valence electrons. The van der Waals surface area contributed by atoms with E-state index in [2.05, 4.69) is 4.90 Å². The Bertz CT molecular complexity index is 337. The number of nitrogens with zero attached hydrogens (tertiary/aromatic N) is 1. The third-order valence-corrected chi connectivity index (χ3v) is 2.68. The van der Waals surface area contributed by atoms with Crippen molar-refractivity contribution in [2.24, 2.45) is 0 Å². The number of aliphatic hydroxyl groups is 1. The van der Waals surface area contributed by atoms with Gasteiger partial charge in [-0.25, -0.2) is 0 Å². The SMILES string of the molecule is CC(C)OCCN(C)c1ccccc1[C@H](C)O. The number of para-hydroxylation sites is 1. The summed E-state index contributed by atoms with van der Waals surface area (Å²) in [6.07, 6.45) is -0.185. The van der Waals surface area contributed by atoms with Crippen LogP contribution in [0.5, 0.6) is 0 Å². The molecule has 0 saturated carbocycles. The third-order valence-electron chi connectivity index (χ3n) is 2.68. The maximum absolute atomic E-state index is 9.71. The van der Waals surface area contributed by atoms with Gasteiger partial charge in [0.15, 0.2) is 0 Å². The van der Waals surface area contributed by atoms with E-state index < -0.39 is 6.10 Å². The molecule has 0 unspecified atom stereocenters. The number of anilines is 1. The summed E-state index contributed by atoms with van der Waals surface area (Å²) in [7, 11) is 2.02. The molecule has 0 bridgehead atoms. The van der Waals surface area contributed by atoms with Crippen LogP contribution in [0.2, 0.25) is 0 Å². The Hall–Kier alpha value is -1.06. The van der Waals surface area contributed by atoms with Gasteiger partial charge in [-0.15, -0.1) is 0 Å². The molecule has 1 aromatic rings. The Morgan fingerprint density at radius 2 is 1.88 bits per heavy atom. The molecular weight excluding hydrogens is 214 g/mol. The van der Waals surface area contributed by atoms with Gasteiger partial charge in [-0.1, -0.05) is 18.2 Å². The Labute approximate surface area is 104 Å². The van der Waals surface area contributed by atoms with E-state index in [0.717, 1.165) is 17.8 Å². The number of aliphatic hydroxyl groups excluding tert-OH is 1. The van der Waals surface area contributed by atoms with Gasteiger partial charge in [0.25, 0.3) is 0 Å². The fourth-order valence-corrected chi connectivity index (χ4v) is 1.73. The Morgan fingerprint density at radius 3 is 2.47 bits per heavy atom. The van der Waals surface area contributed by atoms with Crippen LogP contribution in [-0.4, -0.2) is 31.4 Å². The lowest BCUT2D eigenvalue weighted by Crippen LogP contribution is -2.25. The fourth-order valence-electron chi connectivity index (χ4n) is 1.73. The number of hydrogen-bond donors (Lipinski definition) is 1. The topological polar surface area (TPSA) is 32.7 Å². The second-order valence-corrected chi connectivity index (χ2v) is 4.58. The quantitative estimate of drug-likeness (QED) is 0.825. The van der Waals surface area contributed by atoms with E-state index in [9.17, 15) is 5.11 Å². The minimum Gasteiger partial charge on any atom is -0.389 e. The molecule has 0 radical (unpaired) electrons. The van der Waals surface area contributed by atoms with Gasteiger partial charge in [-0.2, -0.15) is 0 Å². The van der Waals surface area contributed by atoms with Crippen molar-refractivity contribution in [1.82, 2.24) is 0 Å². The van der Waals surface area contributed by atoms with Crippen molar-refractivity contribution in [2.75, 3.05) is 25.1 Å². The number of rotatable bonds is 6. The van der Waals surface area contributed by atoms with E-state index in [1.165, 1.54) is 0 Å². The van der Waals surface area contributed by atoms with Gasteiger partial charge < -0.3 is 14.7 Å². The van der Waals surface area contributed by atoms with E-state index in [1.807, 2.05) is 45.2 Å². The summed E-state index contributed by atoms with van der Waals surface area (Å²) in [6, 6.07) is 7.92. The largest absolute Gasteiger partial charge is 0.389 e. The van der Waals surface area contributed by atoms with Crippen molar-refractivity contribution in [3.8, 4) is 0 Å². The van der Waals surface area contributed by atoms with Gasteiger partial charge in [0.2, 0.25) is 0 Å². The van der Waals surface area contributed by atoms with Gasteiger partial charge >= 0.3 is 0 Å². The van der Waals surface area contributed by atoms with E-state index >= 15 is 0 Å². The summed E-state index contributed by atoms with van der Waals surface area (Å²) < 4.78 is 5.53. The van der Waals surface area contributed by atoms with Gasteiger partial charge in [0.05, 0.1) is 18.8 Å². The normalized spacial score (nSPS) is 12.8. The van der Waals surface area contributed by atoms with Crippen molar-refractivity contribution in [1.29, 1.82) is 0 Å². The maximum Gasteiger partial charge on any atom is 0.0781 e. The molecule has 0 amide bonds. The molecule has 0 aliphatic rings. The van der Waals surface area contributed by atoms with E-state index in [1.54, 1.807) is 6.92 Å². The molecule has 0 spiro atoms.